The molecule has 5 bridgehead atoms. The van der Waals surface area contributed by atoms with E-state index >= 15 is 0 Å². The van der Waals surface area contributed by atoms with Gasteiger partial charge in [0.1, 0.15) is 11.4 Å². The molecule has 5 aliphatic rings. The molecular weight excluding hydrogens is 500 g/mol. The van der Waals surface area contributed by atoms with Gasteiger partial charge in [-0.2, -0.15) is 0 Å². The van der Waals surface area contributed by atoms with Crippen LogP contribution in [0.25, 0.3) is 0 Å². The Morgan fingerprint density at radius 3 is 2.00 bits per heavy atom. The summed E-state index contributed by atoms with van der Waals surface area (Å²) in [6, 6.07) is 3.99. The van der Waals surface area contributed by atoms with Gasteiger partial charge < -0.3 is 10.2 Å². The number of benzene rings is 1. The maximum atomic E-state index is 13.2. The molecule has 38 heavy (non-hydrogen) atoms. The van der Waals surface area contributed by atoms with Gasteiger partial charge in [0.2, 0.25) is 15.9 Å². The fourth-order valence-corrected chi connectivity index (χ4v) is 7.49. The maximum absolute atomic E-state index is 13.2. The zero-order valence-corrected chi connectivity index (χ0v) is 24.2. The summed E-state index contributed by atoms with van der Waals surface area (Å²) in [6.07, 6.45) is 11.3. The second-order valence-corrected chi connectivity index (χ2v) is 13.4. The summed E-state index contributed by atoms with van der Waals surface area (Å²) in [5.41, 5.74) is 3.07. The summed E-state index contributed by atoms with van der Waals surface area (Å²) >= 11 is 0. The number of fused-ring (bicyclic) bond motifs is 2. The largest absolute Gasteiger partial charge is 0.315 e. The van der Waals surface area contributed by atoms with Crippen LogP contribution in [0.15, 0.2) is 17.1 Å². The van der Waals surface area contributed by atoms with Crippen molar-refractivity contribution in [3.05, 3.63) is 28.8 Å². The van der Waals surface area contributed by atoms with Gasteiger partial charge in [-0.25, -0.2) is 12.7 Å². The lowest BCUT2D eigenvalue weighted by Gasteiger charge is -2.34. The van der Waals surface area contributed by atoms with E-state index in [0.717, 1.165) is 73.2 Å². The highest BCUT2D eigenvalue weighted by atomic mass is 32.2. The summed E-state index contributed by atoms with van der Waals surface area (Å²) < 4.78 is 28.0. The number of aryl methyl sites for hydroxylation is 2. The Balaban J connectivity index is 1.49. The standard InChI is InChI=1S/C29H44N4O4S/c1-22-20-24-21-23(2)25(22)14-19-38(36,37)33-17-15-29(16-18-33)28(35)30-26(31-29)12-10-8-6-4-5-7-9-11-13-27(34)32(24)3/h20-21H,4-19H2,1-3H3,(H,30,31,35). The fraction of sp³-hybridized carbons (Fsp3) is 0.690. The summed E-state index contributed by atoms with van der Waals surface area (Å²) in [5, 5.41) is 2.98. The third-order valence-electron chi connectivity index (χ3n) is 8.58. The number of amides is 2. The molecule has 0 aromatic heterocycles. The van der Waals surface area contributed by atoms with Gasteiger partial charge in [-0.1, -0.05) is 38.5 Å². The minimum absolute atomic E-state index is 0.0243. The Kier molecular flexibility index (Phi) is 9.29. The van der Waals surface area contributed by atoms with E-state index in [9.17, 15) is 18.0 Å². The lowest BCUT2D eigenvalue weighted by molar-refractivity contribution is -0.125. The van der Waals surface area contributed by atoms with Crippen molar-refractivity contribution in [2.75, 3.05) is 30.8 Å². The number of hydrogen-bond donors (Lipinski definition) is 1. The Labute approximate surface area is 228 Å². The van der Waals surface area contributed by atoms with Crippen molar-refractivity contribution in [3.63, 3.8) is 0 Å². The van der Waals surface area contributed by atoms with Crippen LogP contribution in [0.5, 0.6) is 0 Å². The first kappa shape index (κ1) is 28.7. The van der Waals surface area contributed by atoms with Gasteiger partial charge in [-0.15, -0.1) is 0 Å². The molecule has 0 atom stereocenters. The van der Waals surface area contributed by atoms with E-state index < -0.39 is 15.6 Å². The number of nitrogens with one attached hydrogen (secondary N) is 1. The van der Waals surface area contributed by atoms with Gasteiger partial charge in [0, 0.05) is 38.7 Å². The van der Waals surface area contributed by atoms with Crippen LogP contribution in [-0.4, -0.2) is 61.8 Å². The molecule has 1 saturated heterocycles. The molecule has 0 radical (unpaired) electrons. The topological polar surface area (TPSA) is 99.2 Å². The highest BCUT2D eigenvalue weighted by Crippen LogP contribution is 2.32. The average Bonchev–Trinajstić information content (AvgIpc) is 3.17. The highest BCUT2D eigenvalue weighted by Gasteiger charge is 2.47. The maximum Gasteiger partial charge on any atom is 0.253 e. The van der Waals surface area contributed by atoms with Crippen molar-refractivity contribution in [1.82, 2.24) is 9.62 Å². The molecule has 6 rings (SSSR count). The van der Waals surface area contributed by atoms with Crippen molar-refractivity contribution in [2.24, 2.45) is 4.99 Å². The Morgan fingerprint density at radius 1 is 0.842 bits per heavy atom. The molecule has 1 spiro atoms. The average molecular weight is 545 g/mol. The summed E-state index contributed by atoms with van der Waals surface area (Å²) in [7, 11) is -1.64. The number of anilines is 1. The second kappa shape index (κ2) is 12.3. The molecule has 1 fully saturated rings. The SMILES string of the molecule is Cc1cc2cc(C)c1CCS(=O)(=O)N1CCC3(CC1)N=C(CCCCCCCCCCC(=O)N2C)NC3=O. The summed E-state index contributed by atoms with van der Waals surface area (Å²) in [6.45, 7) is 4.61. The van der Waals surface area contributed by atoms with E-state index in [0.29, 0.717) is 38.8 Å². The third-order valence-corrected chi connectivity index (χ3v) is 10.5. The first-order valence-corrected chi connectivity index (χ1v) is 16.0. The van der Waals surface area contributed by atoms with Crippen LogP contribution in [-0.2, 0) is 26.0 Å². The number of carbonyl (C=O) groups is 2. The zero-order valence-electron chi connectivity index (χ0n) is 23.4. The molecular formula is C29H44N4O4S. The van der Waals surface area contributed by atoms with Crippen molar-refractivity contribution in [1.29, 1.82) is 0 Å². The normalized spacial score (nSPS) is 27.9. The minimum Gasteiger partial charge on any atom is -0.315 e. The molecule has 0 unspecified atom stereocenters. The van der Waals surface area contributed by atoms with Crippen molar-refractivity contribution < 1.29 is 18.0 Å². The fourth-order valence-electron chi connectivity index (χ4n) is 6.04. The van der Waals surface area contributed by atoms with Gasteiger partial charge in [-0.05, 0) is 74.8 Å². The van der Waals surface area contributed by atoms with Gasteiger partial charge in [0.25, 0.3) is 5.91 Å². The molecule has 5 aliphatic heterocycles. The van der Waals surface area contributed by atoms with Crippen molar-refractivity contribution in [2.45, 2.75) is 103 Å². The van der Waals surface area contributed by atoms with Crippen LogP contribution in [0.1, 0.15) is 93.7 Å². The molecule has 210 valence electrons. The molecule has 1 aromatic carbocycles. The number of piperidine rings is 1. The second-order valence-electron chi connectivity index (χ2n) is 11.3. The van der Waals surface area contributed by atoms with Gasteiger partial charge in [0.15, 0.2) is 0 Å². The summed E-state index contributed by atoms with van der Waals surface area (Å²) in [4.78, 5) is 32.1. The molecule has 8 nitrogen and oxygen atoms in total. The minimum atomic E-state index is -3.47. The molecule has 0 saturated carbocycles. The summed E-state index contributed by atoms with van der Waals surface area (Å²) in [5.74, 6) is 0.842. The number of sulfonamides is 1. The first-order chi connectivity index (χ1) is 18.1. The highest BCUT2D eigenvalue weighted by molar-refractivity contribution is 7.89. The smallest absolute Gasteiger partial charge is 0.253 e. The number of carbonyl (C=O) groups excluding carboxylic acids is 2. The molecule has 1 N–H and O–H groups in total. The molecule has 9 heteroatoms. The van der Waals surface area contributed by atoms with E-state index in [2.05, 4.69) is 5.32 Å². The van der Waals surface area contributed by atoms with E-state index in [4.69, 9.17) is 4.99 Å². The van der Waals surface area contributed by atoms with Crippen LogP contribution < -0.4 is 10.2 Å². The monoisotopic (exact) mass is 544 g/mol. The van der Waals surface area contributed by atoms with E-state index in [1.54, 1.807) is 4.90 Å². The lowest BCUT2D eigenvalue weighted by Crippen LogP contribution is -2.50. The van der Waals surface area contributed by atoms with E-state index in [1.165, 1.54) is 17.1 Å². The predicted molar refractivity (Wildman–Crippen MR) is 152 cm³/mol. The Morgan fingerprint density at radius 2 is 1.39 bits per heavy atom. The number of hydrogen-bond acceptors (Lipinski definition) is 5. The molecule has 2 amide bonds. The number of amidine groups is 1. The number of rotatable bonds is 0. The first-order valence-electron chi connectivity index (χ1n) is 14.4. The van der Waals surface area contributed by atoms with Crippen LogP contribution in [0, 0.1) is 13.8 Å². The number of nitrogens with zero attached hydrogens (tertiary/aromatic N) is 3. The Bertz CT molecular complexity index is 1150. The van der Waals surface area contributed by atoms with Crippen LogP contribution in [0.3, 0.4) is 0 Å². The quantitative estimate of drug-likeness (QED) is 0.523. The van der Waals surface area contributed by atoms with E-state index in [1.807, 2.05) is 33.0 Å². The van der Waals surface area contributed by atoms with Gasteiger partial charge in [0.05, 0.1) is 5.75 Å². The lowest BCUT2D eigenvalue weighted by atomic mass is 9.89. The van der Waals surface area contributed by atoms with Crippen molar-refractivity contribution >= 4 is 33.4 Å². The van der Waals surface area contributed by atoms with Gasteiger partial charge in [-0.3, -0.25) is 14.6 Å². The molecule has 0 aliphatic carbocycles. The van der Waals surface area contributed by atoms with Crippen molar-refractivity contribution in [3.8, 4) is 0 Å². The third kappa shape index (κ3) is 6.65. The predicted octanol–water partition coefficient (Wildman–Crippen LogP) is 4.42. The van der Waals surface area contributed by atoms with Crippen LogP contribution in [0.4, 0.5) is 5.69 Å². The van der Waals surface area contributed by atoms with Gasteiger partial charge >= 0.3 is 0 Å². The zero-order chi connectivity index (χ0) is 27.3. The van der Waals surface area contributed by atoms with Crippen LogP contribution >= 0.6 is 0 Å². The molecule has 5 heterocycles. The Hall–Kier alpha value is -2.26. The number of aliphatic imine (C=N–C) groups is 1. The molecule has 1 aromatic rings. The van der Waals surface area contributed by atoms with E-state index in [-0.39, 0.29) is 17.6 Å². The van der Waals surface area contributed by atoms with Crippen LogP contribution in [0.2, 0.25) is 0 Å².